The zero-order valence-corrected chi connectivity index (χ0v) is 26.3. The minimum Gasteiger partial charge on any atom is -0.379 e. The summed E-state index contributed by atoms with van der Waals surface area (Å²) >= 11 is 0. The molecule has 0 spiro atoms. The van der Waals surface area contributed by atoms with E-state index in [1.54, 1.807) is 14.0 Å². The summed E-state index contributed by atoms with van der Waals surface area (Å²) in [5, 5.41) is 9.17. The average molecular weight is 658 g/mol. The molecule has 0 aliphatic rings. The predicted molar refractivity (Wildman–Crippen MR) is 156 cm³/mol. The van der Waals surface area contributed by atoms with Gasteiger partial charge in [-0.15, -0.1) is 6.42 Å². The normalized spacial score (nSPS) is 13.0. The molecule has 14 heteroatoms. The Hall–Kier alpha value is -3.65. The van der Waals surface area contributed by atoms with Gasteiger partial charge < -0.3 is 14.5 Å². The lowest BCUT2D eigenvalue weighted by Crippen LogP contribution is -2.30. The molecule has 0 radical (unpaired) electrons. The highest BCUT2D eigenvalue weighted by atomic mass is 19.4. The highest BCUT2D eigenvalue weighted by Crippen LogP contribution is 2.34. The molecule has 0 aliphatic heterocycles. The van der Waals surface area contributed by atoms with E-state index in [4.69, 9.17) is 10.00 Å². The largest absolute Gasteiger partial charge is 0.423 e. The van der Waals surface area contributed by atoms with Gasteiger partial charge in [0.15, 0.2) is 6.19 Å². The van der Waals surface area contributed by atoms with Crippen molar-refractivity contribution in [2.45, 2.75) is 91.0 Å². The summed E-state index contributed by atoms with van der Waals surface area (Å²) in [6, 6.07) is 3.32. The number of methoxy groups -OCH3 is 1. The van der Waals surface area contributed by atoms with Crippen LogP contribution in [0, 0.1) is 30.7 Å². The first-order valence-electron chi connectivity index (χ1n) is 13.5. The first kappa shape index (κ1) is 43.5. The summed E-state index contributed by atoms with van der Waals surface area (Å²) in [6.07, 6.45) is -3.52. The Morgan fingerprint density at radius 1 is 1.07 bits per heavy atom. The Morgan fingerprint density at radius 3 is 1.98 bits per heavy atom. The molecule has 0 aromatic heterocycles. The molecule has 254 valence electrons. The molecule has 1 aromatic carbocycles. The van der Waals surface area contributed by atoms with E-state index in [1.807, 2.05) is 27.0 Å². The van der Waals surface area contributed by atoms with Gasteiger partial charge in [-0.25, -0.2) is 0 Å². The van der Waals surface area contributed by atoms with Crippen molar-refractivity contribution in [2.24, 2.45) is 0 Å². The number of carbonyl (C=O) groups is 1. The Kier molecular flexibility index (Phi) is 19.0. The maximum atomic E-state index is 13.1. The fraction of sp³-hybridized carbons (Fsp3) is 0.548. The number of aryl methyl sites for hydroxylation is 1. The number of anilines is 1. The van der Waals surface area contributed by atoms with E-state index in [1.165, 1.54) is 42.9 Å². The predicted octanol–water partition coefficient (Wildman–Crippen LogP) is 9.00. The van der Waals surface area contributed by atoms with E-state index in [0.29, 0.717) is 19.3 Å². The van der Waals surface area contributed by atoms with Crippen molar-refractivity contribution in [3.8, 4) is 18.5 Å². The van der Waals surface area contributed by atoms with Crippen LogP contribution >= 0.6 is 0 Å². The molecule has 1 rings (SSSR count). The number of nitrogens with zero attached hydrogens (tertiary/aromatic N) is 3. The minimum absolute atomic E-state index is 0.0120. The van der Waals surface area contributed by atoms with Gasteiger partial charge in [-0.3, -0.25) is 4.79 Å². The van der Waals surface area contributed by atoms with Gasteiger partial charge in [0, 0.05) is 31.9 Å². The van der Waals surface area contributed by atoms with Gasteiger partial charge in [-0.1, -0.05) is 30.2 Å². The van der Waals surface area contributed by atoms with Gasteiger partial charge in [0.05, 0.1) is 17.6 Å². The van der Waals surface area contributed by atoms with E-state index >= 15 is 0 Å². The van der Waals surface area contributed by atoms with Crippen molar-refractivity contribution >= 4 is 12.1 Å². The monoisotopic (exact) mass is 657 g/mol. The fourth-order valence-electron chi connectivity index (χ4n) is 3.10. The van der Waals surface area contributed by atoms with Crippen LogP contribution in [-0.4, -0.2) is 55.5 Å². The number of carbonyl (C=O) groups excluding carboxylic acids is 1. The van der Waals surface area contributed by atoms with Gasteiger partial charge in [-0.05, 0) is 72.1 Å². The smallest absolute Gasteiger partial charge is 0.379 e. The quantitative estimate of drug-likeness (QED) is 0.0630. The minimum atomic E-state index is -4.53. The highest BCUT2D eigenvalue weighted by molar-refractivity contribution is 5.75. The number of alkyl halides is 9. The Labute approximate surface area is 259 Å². The third kappa shape index (κ3) is 20.1. The van der Waals surface area contributed by atoms with Gasteiger partial charge in [-0.2, -0.15) is 44.8 Å². The maximum absolute atomic E-state index is 13.1. The second kappa shape index (κ2) is 19.7. The summed E-state index contributed by atoms with van der Waals surface area (Å²) in [6.45, 7) is 10.5. The first-order chi connectivity index (χ1) is 20.5. The van der Waals surface area contributed by atoms with Crippen LogP contribution in [0.3, 0.4) is 0 Å². The third-order valence-corrected chi connectivity index (χ3v) is 5.85. The molecule has 45 heavy (non-hydrogen) atoms. The Morgan fingerprint density at radius 2 is 1.62 bits per heavy atom. The molecule has 0 aliphatic carbocycles. The Bertz CT molecular complexity index is 1170. The number of ether oxygens (including phenoxy) is 1. The van der Waals surface area contributed by atoms with Crippen molar-refractivity contribution in [2.75, 3.05) is 25.1 Å². The van der Waals surface area contributed by atoms with Crippen LogP contribution in [0.4, 0.5) is 45.2 Å². The van der Waals surface area contributed by atoms with Crippen molar-refractivity contribution < 1.29 is 49.0 Å². The molecule has 1 aromatic rings. The molecule has 0 N–H and O–H groups in total. The highest BCUT2D eigenvalue weighted by Gasteiger charge is 2.33. The van der Waals surface area contributed by atoms with Gasteiger partial charge in [0.1, 0.15) is 5.57 Å². The van der Waals surface area contributed by atoms with Crippen LogP contribution in [0.25, 0.3) is 0 Å². The lowest BCUT2D eigenvalue weighted by Gasteiger charge is -2.24. The van der Waals surface area contributed by atoms with Crippen molar-refractivity contribution in [3.63, 3.8) is 0 Å². The van der Waals surface area contributed by atoms with Crippen molar-refractivity contribution in [1.29, 1.82) is 5.26 Å². The average Bonchev–Trinajstić information content (AvgIpc) is 2.90. The summed E-state index contributed by atoms with van der Waals surface area (Å²) in [7, 11) is 1.71. The zero-order valence-electron chi connectivity index (χ0n) is 26.3. The van der Waals surface area contributed by atoms with Crippen LogP contribution in [0.2, 0.25) is 0 Å². The van der Waals surface area contributed by atoms with Gasteiger partial charge >= 0.3 is 18.5 Å². The molecular formula is C31H40F9N3O2. The number of halogens is 9. The molecule has 0 fully saturated rings. The SMILES string of the molecule is C#C/C(=C\C)C(F)(F)F.COC(C)(C)C.Cc1ccc(N(C=O)CCCC(C)N(C#N)C/C=C/CC(F)(F)F)cc1C(F)(F)F. The number of allylic oxidation sites excluding steroid dienone is 3. The number of benzene rings is 1. The third-order valence-electron chi connectivity index (χ3n) is 5.85. The van der Waals surface area contributed by atoms with Crippen LogP contribution < -0.4 is 4.90 Å². The van der Waals surface area contributed by atoms with E-state index < -0.39 is 36.1 Å². The van der Waals surface area contributed by atoms with Crippen LogP contribution in [0.1, 0.15) is 65.0 Å². The number of amides is 1. The summed E-state index contributed by atoms with van der Waals surface area (Å²) in [4.78, 5) is 13.8. The van der Waals surface area contributed by atoms with Gasteiger partial charge in [0.2, 0.25) is 6.41 Å². The van der Waals surface area contributed by atoms with E-state index in [2.05, 4.69) is 6.42 Å². The molecule has 5 nitrogen and oxygen atoms in total. The fourth-order valence-corrected chi connectivity index (χ4v) is 3.10. The molecule has 0 heterocycles. The van der Waals surface area contributed by atoms with Crippen molar-refractivity contribution in [3.05, 3.63) is 53.1 Å². The topological polar surface area (TPSA) is 56.6 Å². The number of hydrogen-bond acceptors (Lipinski definition) is 4. The number of hydrogen-bond donors (Lipinski definition) is 0. The van der Waals surface area contributed by atoms with Gasteiger partial charge in [0.25, 0.3) is 0 Å². The van der Waals surface area contributed by atoms with Crippen LogP contribution in [0.5, 0.6) is 0 Å². The second-order valence-electron chi connectivity index (χ2n) is 10.5. The van der Waals surface area contributed by atoms with E-state index in [9.17, 15) is 44.3 Å². The first-order valence-corrected chi connectivity index (χ1v) is 13.5. The molecule has 1 atom stereocenters. The maximum Gasteiger partial charge on any atom is 0.423 e. The Balaban J connectivity index is 0. The number of terminal acetylenes is 1. The van der Waals surface area contributed by atoms with E-state index in [0.717, 1.165) is 23.1 Å². The molecule has 1 unspecified atom stereocenters. The summed E-state index contributed by atoms with van der Waals surface area (Å²) in [5.41, 5.74) is -1.54. The lowest BCUT2D eigenvalue weighted by atomic mass is 10.1. The van der Waals surface area contributed by atoms with E-state index in [-0.39, 0.29) is 36.0 Å². The summed E-state index contributed by atoms with van der Waals surface area (Å²) in [5.74, 6) is 1.53. The molecule has 0 bridgehead atoms. The number of nitriles is 1. The molecule has 1 amide bonds. The van der Waals surface area contributed by atoms with Crippen LogP contribution in [0.15, 0.2) is 42.0 Å². The molecule has 0 saturated heterocycles. The standard InChI is InChI=1S/C20H23F6N3O.C6H5F3.C5H12O/c1-15-7-8-17(12-18(15)20(24,25)26)29(14-30)11-5-6-16(2)28(13-27)10-4-3-9-19(21,22)23;1-3-5(4-2)6(7,8)9;1-5(2,3)6-4/h3-4,7-8,12,14,16H,5-6,9-11H2,1-2H3;1,4H,2H3;1-4H3/b4-3+;5-4+;. The zero-order chi connectivity index (χ0) is 35.6. The molecular weight excluding hydrogens is 617 g/mol. The van der Waals surface area contributed by atoms with Crippen LogP contribution in [-0.2, 0) is 15.7 Å². The number of rotatable bonds is 10. The van der Waals surface area contributed by atoms with Crippen molar-refractivity contribution in [1.82, 2.24) is 4.90 Å². The molecule has 0 saturated carbocycles. The lowest BCUT2D eigenvalue weighted by molar-refractivity contribution is -0.138. The summed E-state index contributed by atoms with van der Waals surface area (Å²) < 4.78 is 115. The second-order valence-corrected chi connectivity index (χ2v) is 10.5.